The maximum Gasteiger partial charge on any atom is 0.250 e. The van der Waals surface area contributed by atoms with Gasteiger partial charge in [-0.25, -0.2) is 15.0 Å². The summed E-state index contributed by atoms with van der Waals surface area (Å²) in [5.74, 6) is 0.132. The van der Waals surface area contributed by atoms with E-state index >= 15 is 0 Å². The van der Waals surface area contributed by atoms with Crippen LogP contribution in [-0.2, 0) is 7.59 Å². The number of halogens is 6. The molecule has 9 heteroatoms. The second-order valence-electron chi connectivity index (χ2n) is 3.75. The average molecular weight is 420 g/mol. The first-order valence-corrected chi connectivity index (χ1v) is 7.91. The predicted octanol–water partition coefficient (Wildman–Crippen LogP) is 5.85. The lowest BCUT2D eigenvalue weighted by molar-refractivity contribution is 0.916. The van der Waals surface area contributed by atoms with Crippen LogP contribution in [0.2, 0.25) is 0 Å². The maximum atomic E-state index is 5.73. The summed E-state index contributed by atoms with van der Waals surface area (Å²) in [4.78, 5) is 10.8. The zero-order valence-corrected chi connectivity index (χ0v) is 15.4. The van der Waals surface area contributed by atoms with Gasteiger partial charge in [0.15, 0.2) is 5.82 Å². The molecular formula is C13H9Cl6N3. The van der Waals surface area contributed by atoms with Crippen molar-refractivity contribution in [1.82, 2.24) is 15.0 Å². The van der Waals surface area contributed by atoms with Crippen LogP contribution in [0.3, 0.4) is 0 Å². The van der Waals surface area contributed by atoms with Crippen LogP contribution >= 0.6 is 69.6 Å². The van der Waals surface area contributed by atoms with E-state index in [2.05, 4.69) is 21.5 Å². The molecule has 0 radical (unpaired) electrons. The quantitative estimate of drug-likeness (QED) is 0.544. The van der Waals surface area contributed by atoms with Gasteiger partial charge in [0.2, 0.25) is 7.59 Å². The minimum Gasteiger partial charge on any atom is -0.225 e. The Morgan fingerprint density at radius 2 is 1.41 bits per heavy atom. The molecule has 0 aliphatic carbocycles. The molecule has 3 nitrogen and oxygen atoms in total. The second kappa shape index (κ2) is 8.53. The molecule has 0 fully saturated rings. The number of aromatic nitrogens is 3. The second-order valence-corrected chi connectivity index (χ2v) is 8.31. The van der Waals surface area contributed by atoms with Crippen molar-refractivity contribution >= 4 is 75.7 Å². The minimum absolute atomic E-state index is 0.132. The molecule has 2 aromatic rings. The molecule has 0 saturated carbocycles. The molecule has 2 rings (SSSR count). The van der Waals surface area contributed by atoms with Crippen LogP contribution in [0.15, 0.2) is 43.5 Å². The van der Waals surface area contributed by atoms with Crippen LogP contribution in [0.4, 0.5) is 0 Å². The topological polar surface area (TPSA) is 38.7 Å². The van der Waals surface area contributed by atoms with Gasteiger partial charge in [-0.05, 0) is 5.56 Å². The van der Waals surface area contributed by atoms with Crippen LogP contribution < -0.4 is 0 Å². The normalized spacial score (nSPS) is 11.4. The number of hydrogen-bond donors (Lipinski definition) is 0. The van der Waals surface area contributed by atoms with E-state index in [1.54, 1.807) is 12.1 Å². The summed E-state index contributed by atoms with van der Waals surface area (Å²) in [6.45, 7) is 3.63. The molecule has 0 bridgehead atoms. The fourth-order valence-corrected chi connectivity index (χ4v) is 2.13. The van der Waals surface area contributed by atoms with E-state index in [9.17, 15) is 0 Å². The zero-order valence-electron chi connectivity index (χ0n) is 10.9. The first-order valence-electron chi connectivity index (χ1n) is 5.64. The van der Waals surface area contributed by atoms with E-state index in [4.69, 9.17) is 69.6 Å². The lowest BCUT2D eigenvalue weighted by atomic mass is 10.1. The van der Waals surface area contributed by atoms with Crippen molar-refractivity contribution in [2.24, 2.45) is 0 Å². The fourth-order valence-electron chi connectivity index (χ4n) is 1.32. The smallest absolute Gasteiger partial charge is 0.225 e. The van der Waals surface area contributed by atoms with Gasteiger partial charge in [-0.15, -0.1) is 0 Å². The zero-order chi connectivity index (χ0) is 16.8. The van der Waals surface area contributed by atoms with Gasteiger partial charge >= 0.3 is 0 Å². The van der Waals surface area contributed by atoms with Crippen LogP contribution in [0, 0.1) is 0 Å². The van der Waals surface area contributed by atoms with Gasteiger partial charge in [0, 0.05) is 5.56 Å². The highest BCUT2D eigenvalue weighted by atomic mass is 35.6. The Labute approximate surface area is 158 Å². The highest BCUT2D eigenvalue weighted by molar-refractivity contribution is 6.67. The third-order valence-electron chi connectivity index (χ3n) is 2.23. The molecule has 1 aromatic heterocycles. The van der Waals surface area contributed by atoms with Crippen LogP contribution in [0.5, 0.6) is 0 Å². The van der Waals surface area contributed by atoms with Crippen molar-refractivity contribution < 1.29 is 0 Å². The maximum absolute atomic E-state index is 5.73. The molecule has 0 unspecified atom stereocenters. The standard InChI is InChI=1S/C9H7Cl3.C4H2Cl3N3/c1-2-7-5-3-4-6-8(7)9(10,11)12;5-4(6,7)3-9-1-8-2-10-3/h2-6H,1H2;1-2H. The number of alkyl halides is 6. The van der Waals surface area contributed by atoms with Gasteiger partial charge in [-0.2, -0.15) is 0 Å². The Hall–Kier alpha value is -0.290. The minimum atomic E-state index is -1.55. The summed E-state index contributed by atoms with van der Waals surface area (Å²) in [6, 6.07) is 7.31. The van der Waals surface area contributed by atoms with Crippen molar-refractivity contribution in [2.75, 3.05) is 0 Å². The fraction of sp³-hybridized carbons (Fsp3) is 0.154. The molecule has 0 aliphatic heterocycles. The van der Waals surface area contributed by atoms with E-state index in [0.29, 0.717) is 5.56 Å². The lowest BCUT2D eigenvalue weighted by Gasteiger charge is -2.13. The van der Waals surface area contributed by atoms with Crippen molar-refractivity contribution in [1.29, 1.82) is 0 Å². The van der Waals surface area contributed by atoms with E-state index in [1.807, 2.05) is 18.2 Å². The molecule has 0 amide bonds. The predicted molar refractivity (Wildman–Crippen MR) is 94.8 cm³/mol. The summed E-state index contributed by atoms with van der Waals surface area (Å²) in [5, 5.41) is 0. The Morgan fingerprint density at radius 3 is 1.77 bits per heavy atom. The summed E-state index contributed by atoms with van der Waals surface area (Å²) < 4.78 is -2.92. The van der Waals surface area contributed by atoms with Crippen molar-refractivity contribution in [2.45, 2.75) is 7.59 Å². The van der Waals surface area contributed by atoms with E-state index in [0.717, 1.165) is 5.56 Å². The van der Waals surface area contributed by atoms with Crippen LogP contribution in [0.25, 0.3) is 6.08 Å². The van der Waals surface area contributed by atoms with Gasteiger partial charge in [-0.1, -0.05) is 107 Å². The third kappa shape index (κ3) is 6.45. The molecule has 22 heavy (non-hydrogen) atoms. The first kappa shape index (κ1) is 19.8. The Morgan fingerprint density at radius 1 is 0.864 bits per heavy atom. The average Bonchev–Trinajstić information content (AvgIpc) is 2.47. The Bertz CT molecular complexity index is 607. The van der Waals surface area contributed by atoms with Crippen molar-refractivity contribution in [3.63, 3.8) is 0 Å². The SMILES string of the molecule is C=Cc1ccccc1C(Cl)(Cl)Cl.ClC(Cl)(Cl)c1ncncn1. The summed E-state index contributed by atoms with van der Waals surface area (Å²) in [6.07, 6.45) is 4.20. The summed E-state index contributed by atoms with van der Waals surface area (Å²) in [7, 11) is 0. The van der Waals surface area contributed by atoms with Crippen LogP contribution in [0.1, 0.15) is 17.0 Å². The molecular weight excluding hydrogens is 411 g/mol. The van der Waals surface area contributed by atoms with Gasteiger partial charge in [-0.3, -0.25) is 0 Å². The van der Waals surface area contributed by atoms with E-state index in [1.165, 1.54) is 12.7 Å². The molecule has 0 aliphatic rings. The van der Waals surface area contributed by atoms with Gasteiger partial charge in [0.25, 0.3) is 0 Å². The van der Waals surface area contributed by atoms with Gasteiger partial charge in [0.1, 0.15) is 12.7 Å². The Balaban J connectivity index is 0.000000224. The molecule has 118 valence electrons. The van der Waals surface area contributed by atoms with Gasteiger partial charge < -0.3 is 0 Å². The molecule has 1 aromatic carbocycles. The summed E-state index contributed by atoms with van der Waals surface area (Å²) in [5.41, 5.74) is 1.50. The first-order chi connectivity index (χ1) is 10.2. The Kier molecular flexibility index (Phi) is 7.66. The number of nitrogens with zero attached hydrogens (tertiary/aromatic N) is 3. The molecule has 0 saturated heterocycles. The van der Waals surface area contributed by atoms with Gasteiger partial charge in [0.05, 0.1) is 0 Å². The lowest BCUT2D eigenvalue weighted by Crippen LogP contribution is -2.06. The molecule has 0 atom stereocenters. The number of rotatable bonds is 1. The number of benzene rings is 1. The van der Waals surface area contributed by atoms with Crippen molar-refractivity contribution in [3.05, 3.63) is 60.5 Å². The molecule has 0 N–H and O–H groups in total. The number of hydrogen-bond acceptors (Lipinski definition) is 3. The molecule has 1 heterocycles. The monoisotopic (exact) mass is 417 g/mol. The van der Waals surface area contributed by atoms with E-state index < -0.39 is 7.59 Å². The molecule has 0 spiro atoms. The third-order valence-corrected chi connectivity index (χ3v) is 3.35. The highest BCUT2D eigenvalue weighted by Gasteiger charge is 2.26. The highest BCUT2D eigenvalue weighted by Crippen LogP contribution is 2.40. The summed E-state index contributed by atoms with van der Waals surface area (Å²) >= 11 is 33.5. The van der Waals surface area contributed by atoms with Crippen LogP contribution in [-0.4, -0.2) is 15.0 Å². The van der Waals surface area contributed by atoms with E-state index in [-0.39, 0.29) is 5.82 Å². The van der Waals surface area contributed by atoms with Crippen molar-refractivity contribution in [3.8, 4) is 0 Å². The largest absolute Gasteiger partial charge is 0.250 e.